The van der Waals surface area contributed by atoms with Gasteiger partial charge in [0, 0.05) is 31.6 Å². The fraction of sp³-hybridized carbons (Fsp3) is 0.167. The number of para-hydroxylation sites is 2. The maximum absolute atomic E-state index is 4.85. The highest BCUT2D eigenvalue weighted by Crippen LogP contribution is 2.26. The predicted octanol–water partition coefficient (Wildman–Crippen LogP) is 3.69. The summed E-state index contributed by atoms with van der Waals surface area (Å²) in [6, 6.07) is 22.6. The lowest BCUT2D eigenvalue weighted by molar-refractivity contribution is 0.644. The Bertz CT molecular complexity index is 1350. The van der Waals surface area contributed by atoms with Gasteiger partial charge in [-0.2, -0.15) is 5.10 Å². The average molecular weight is 407 g/mol. The number of rotatable bonds is 3. The van der Waals surface area contributed by atoms with Gasteiger partial charge in [-0.15, -0.1) is 0 Å². The van der Waals surface area contributed by atoms with E-state index in [1.54, 1.807) is 6.33 Å². The van der Waals surface area contributed by atoms with Crippen LogP contribution in [0.15, 0.2) is 79.3 Å². The Labute approximate surface area is 179 Å². The molecule has 2 aromatic carbocycles. The van der Waals surface area contributed by atoms with E-state index in [9.17, 15) is 0 Å². The van der Waals surface area contributed by atoms with Crippen LogP contribution in [0.3, 0.4) is 0 Å². The molecule has 1 aliphatic rings. The van der Waals surface area contributed by atoms with Crippen molar-refractivity contribution in [3.05, 3.63) is 79.3 Å². The first-order valence-electron chi connectivity index (χ1n) is 10.5. The third-order valence-corrected chi connectivity index (χ3v) is 5.83. The number of aromatic nitrogens is 5. The van der Waals surface area contributed by atoms with Crippen molar-refractivity contribution in [1.82, 2.24) is 24.7 Å². The minimum Gasteiger partial charge on any atom is -0.353 e. The highest BCUT2D eigenvalue weighted by atomic mass is 15.3. The summed E-state index contributed by atoms with van der Waals surface area (Å²) in [4.78, 5) is 18.6. The second-order valence-corrected chi connectivity index (χ2v) is 7.66. The number of fused-ring (bicyclic) bond motifs is 2. The zero-order valence-corrected chi connectivity index (χ0v) is 17.0. The molecule has 0 aliphatic carbocycles. The molecule has 0 N–H and O–H groups in total. The molecule has 4 heterocycles. The van der Waals surface area contributed by atoms with Crippen molar-refractivity contribution >= 4 is 33.6 Å². The molecular weight excluding hydrogens is 386 g/mol. The molecule has 3 aromatic heterocycles. The summed E-state index contributed by atoms with van der Waals surface area (Å²) in [6.45, 7) is 3.53. The lowest BCUT2D eigenvalue weighted by Gasteiger charge is -2.36. The van der Waals surface area contributed by atoms with Gasteiger partial charge in [-0.1, -0.05) is 36.4 Å². The second-order valence-electron chi connectivity index (χ2n) is 7.66. The van der Waals surface area contributed by atoms with Crippen molar-refractivity contribution in [2.45, 2.75) is 0 Å². The first-order chi connectivity index (χ1) is 15.4. The molecule has 7 heteroatoms. The van der Waals surface area contributed by atoms with Crippen LogP contribution in [0.4, 0.5) is 11.6 Å². The number of nitrogens with zero attached hydrogens (tertiary/aromatic N) is 7. The van der Waals surface area contributed by atoms with Gasteiger partial charge in [0.15, 0.2) is 5.65 Å². The molecule has 0 spiro atoms. The van der Waals surface area contributed by atoms with Crippen molar-refractivity contribution in [3.63, 3.8) is 0 Å². The molecule has 0 amide bonds. The summed E-state index contributed by atoms with van der Waals surface area (Å²) in [5.74, 6) is 1.97. The predicted molar refractivity (Wildman–Crippen MR) is 123 cm³/mol. The molecule has 0 unspecified atom stereocenters. The van der Waals surface area contributed by atoms with Gasteiger partial charge in [-0.3, -0.25) is 0 Å². The first-order valence-corrected chi connectivity index (χ1v) is 10.5. The Kier molecular flexibility index (Phi) is 4.23. The largest absolute Gasteiger partial charge is 0.353 e. The lowest BCUT2D eigenvalue weighted by atomic mass is 10.2. The van der Waals surface area contributed by atoms with Gasteiger partial charge in [0.05, 0.1) is 22.8 Å². The number of pyridine rings is 1. The molecule has 0 bridgehead atoms. The van der Waals surface area contributed by atoms with Crippen LogP contribution in [0.1, 0.15) is 0 Å². The molecule has 152 valence electrons. The average Bonchev–Trinajstić information content (AvgIpc) is 3.29. The van der Waals surface area contributed by atoms with Gasteiger partial charge in [0.1, 0.15) is 18.0 Å². The number of anilines is 2. The van der Waals surface area contributed by atoms with Crippen molar-refractivity contribution in [2.24, 2.45) is 0 Å². The van der Waals surface area contributed by atoms with E-state index in [0.29, 0.717) is 0 Å². The maximum Gasteiger partial charge on any atom is 0.168 e. The van der Waals surface area contributed by atoms with Crippen molar-refractivity contribution in [1.29, 1.82) is 0 Å². The fourth-order valence-corrected chi connectivity index (χ4v) is 4.22. The minimum atomic E-state index is 0.829. The van der Waals surface area contributed by atoms with E-state index >= 15 is 0 Å². The fourth-order valence-electron chi connectivity index (χ4n) is 4.22. The highest BCUT2D eigenvalue weighted by molar-refractivity contribution is 5.88. The van der Waals surface area contributed by atoms with Crippen LogP contribution in [-0.2, 0) is 0 Å². The molecule has 0 radical (unpaired) electrons. The van der Waals surface area contributed by atoms with Crippen LogP contribution in [0.5, 0.6) is 0 Å². The Hall–Kier alpha value is -4.00. The number of piperazine rings is 1. The quantitative estimate of drug-likeness (QED) is 0.455. The molecule has 1 saturated heterocycles. The zero-order chi connectivity index (χ0) is 20.6. The van der Waals surface area contributed by atoms with E-state index in [1.165, 1.54) is 5.39 Å². The molecule has 1 fully saturated rings. The van der Waals surface area contributed by atoms with Gasteiger partial charge in [-0.25, -0.2) is 19.6 Å². The highest BCUT2D eigenvalue weighted by Gasteiger charge is 2.22. The smallest absolute Gasteiger partial charge is 0.168 e. The molecule has 0 saturated carbocycles. The monoisotopic (exact) mass is 407 g/mol. The van der Waals surface area contributed by atoms with Gasteiger partial charge in [0.25, 0.3) is 0 Å². The molecular formula is C24H21N7. The third kappa shape index (κ3) is 3.15. The van der Waals surface area contributed by atoms with E-state index in [0.717, 1.165) is 60.1 Å². The lowest BCUT2D eigenvalue weighted by Crippen LogP contribution is -2.47. The molecule has 7 nitrogen and oxygen atoms in total. The standard InChI is InChI=1S/C24H21N7/c1-2-7-19(8-3-1)31-24-20(16-27-31)23(25-17-26-24)30-14-12-29(13-15-30)22-11-10-18-6-4-5-9-21(18)28-22/h1-11,16-17H,12-15H2. The van der Waals surface area contributed by atoms with E-state index in [4.69, 9.17) is 4.98 Å². The zero-order valence-electron chi connectivity index (χ0n) is 17.0. The Balaban J connectivity index is 1.26. The van der Waals surface area contributed by atoms with Crippen LogP contribution in [0, 0.1) is 0 Å². The summed E-state index contributed by atoms with van der Waals surface area (Å²) < 4.78 is 1.87. The maximum atomic E-state index is 4.85. The van der Waals surface area contributed by atoms with Crippen molar-refractivity contribution in [3.8, 4) is 5.69 Å². The Morgan fingerprint density at radius 2 is 1.48 bits per heavy atom. The number of hydrogen-bond acceptors (Lipinski definition) is 6. The molecule has 6 rings (SSSR count). The normalized spacial score (nSPS) is 14.5. The van der Waals surface area contributed by atoms with Crippen LogP contribution >= 0.6 is 0 Å². The Morgan fingerprint density at radius 3 is 2.35 bits per heavy atom. The van der Waals surface area contributed by atoms with Crippen molar-refractivity contribution < 1.29 is 0 Å². The molecule has 1 aliphatic heterocycles. The summed E-state index contributed by atoms with van der Waals surface area (Å²) >= 11 is 0. The van der Waals surface area contributed by atoms with Gasteiger partial charge < -0.3 is 9.80 Å². The SMILES string of the molecule is c1ccc(-n2ncc3c(N4CCN(c5ccc6ccccc6n5)CC4)ncnc32)cc1. The summed E-state index contributed by atoms with van der Waals surface area (Å²) in [5.41, 5.74) is 2.86. The molecule has 0 atom stereocenters. The second kappa shape index (κ2) is 7.36. The summed E-state index contributed by atoms with van der Waals surface area (Å²) in [6.07, 6.45) is 3.50. The summed E-state index contributed by atoms with van der Waals surface area (Å²) in [5, 5.41) is 6.73. The van der Waals surface area contributed by atoms with Gasteiger partial charge in [0.2, 0.25) is 0 Å². The van der Waals surface area contributed by atoms with Crippen LogP contribution in [0.2, 0.25) is 0 Å². The van der Waals surface area contributed by atoms with Crippen molar-refractivity contribution in [2.75, 3.05) is 36.0 Å². The van der Waals surface area contributed by atoms with Gasteiger partial charge >= 0.3 is 0 Å². The molecule has 5 aromatic rings. The number of benzene rings is 2. The first kappa shape index (κ1) is 17.8. The van der Waals surface area contributed by atoms with E-state index in [1.807, 2.05) is 53.3 Å². The summed E-state index contributed by atoms with van der Waals surface area (Å²) in [7, 11) is 0. The van der Waals surface area contributed by atoms with Crippen LogP contribution in [-0.4, -0.2) is 50.9 Å². The van der Waals surface area contributed by atoms with Gasteiger partial charge in [-0.05, 0) is 30.3 Å². The number of hydrogen-bond donors (Lipinski definition) is 0. The molecule has 31 heavy (non-hydrogen) atoms. The minimum absolute atomic E-state index is 0.829. The Morgan fingerprint density at radius 1 is 0.710 bits per heavy atom. The third-order valence-electron chi connectivity index (χ3n) is 5.83. The van der Waals surface area contributed by atoms with Crippen LogP contribution < -0.4 is 9.80 Å². The van der Waals surface area contributed by atoms with E-state index in [2.05, 4.69) is 49.1 Å². The topological polar surface area (TPSA) is 63.0 Å². The van der Waals surface area contributed by atoms with E-state index in [-0.39, 0.29) is 0 Å². The van der Waals surface area contributed by atoms with Crippen LogP contribution in [0.25, 0.3) is 27.6 Å². The van der Waals surface area contributed by atoms with E-state index < -0.39 is 0 Å².